The lowest BCUT2D eigenvalue weighted by Crippen LogP contribution is -2.65. The van der Waals surface area contributed by atoms with Gasteiger partial charge in [0.1, 0.15) is 30.4 Å². The molecule has 0 bridgehead atoms. The number of carboxylic acids is 1. The summed E-state index contributed by atoms with van der Waals surface area (Å²) in [5.41, 5.74) is -0.0649. The Morgan fingerprint density at radius 1 is 1.06 bits per heavy atom. The third kappa shape index (κ3) is 3.60. The number of hydroxylamine groups is 3. The van der Waals surface area contributed by atoms with Crippen LogP contribution in [0.2, 0.25) is 0 Å². The van der Waals surface area contributed by atoms with Crippen LogP contribution < -0.4 is 0 Å². The maximum absolute atomic E-state index is 13.4. The van der Waals surface area contributed by atoms with Crippen molar-refractivity contribution in [3.8, 4) is 6.07 Å². The van der Waals surface area contributed by atoms with Crippen molar-refractivity contribution in [2.75, 3.05) is 13.1 Å². The van der Waals surface area contributed by atoms with Gasteiger partial charge in [-0.3, -0.25) is 4.79 Å². The Bertz CT molecular complexity index is 1010. The summed E-state index contributed by atoms with van der Waals surface area (Å²) in [5.74, 6) is -1.41. The molecule has 2 fully saturated rings. The van der Waals surface area contributed by atoms with E-state index in [0.717, 1.165) is 11.1 Å². The Labute approximate surface area is 188 Å². The van der Waals surface area contributed by atoms with E-state index < -0.39 is 16.8 Å². The Balaban J connectivity index is 1.52. The van der Waals surface area contributed by atoms with Crippen molar-refractivity contribution in [2.45, 2.75) is 55.9 Å². The second-order valence-corrected chi connectivity index (χ2v) is 9.62. The molecule has 0 unspecified atom stereocenters. The predicted molar refractivity (Wildman–Crippen MR) is 117 cm³/mol. The number of hydrogen-bond donors (Lipinski definition) is 2. The lowest BCUT2D eigenvalue weighted by Gasteiger charge is -2.50. The molecule has 0 spiro atoms. The molecular formula is C26H30FN2O3+. The molecule has 1 saturated carbocycles. The summed E-state index contributed by atoms with van der Waals surface area (Å²) in [5, 5.41) is 31.7. The standard InChI is InChI=1S/C26H29FN2O3/c1-19-17-29(32,16-15-26(19,24(30)31)21-5-3-2-4-6-21)23-11-13-25(18-28,14-12-23)20-7-9-22(27)10-8-20/h2-10,19,23,32H,11-17H2,1H3/p+1/t19-,23?,25?,26-,29-/m1/s1. The van der Waals surface area contributed by atoms with E-state index in [0.29, 0.717) is 45.2 Å². The number of carboxylic acid groups (broad SMARTS) is 1. The fraction of sp³-hybridized carbons (Fsp3) is 0.462. The topological polar surface area (TPSA) is 81.3 Å². The molecule has 6 heteroatoms. The number of likely N-dealkylation sites (tertiary alicyclic amines) is 1. The van der Waals surface area contributed by atoms with Gasteiger partial charge in [-0.25, -0.2) is 9.60 Å². The molecule has 0 amide bonds. The summed E-state index contributed by atoms with van der Waals surface area (Å²) >= 11 is 0. The highest BCUT2D eigenvalue weighted by Crippen LogP contribution is 2.47. The van der Waals surface area contributed by atoms with E-state index in [9.17, 15) is 24.8 Å². The zero-order valence-corrected chi connectivity index (χ0v) is 18.4. The molecule has 2 N–H and O–H groups in total. The van der Waals surface area contributed by atoms with Crippen LogP contribution in [0.4, 0.5) is 4.39 Å². The Kier molecular flexibility index (Phi) is 5.83. The van der Waals surface area contributed by atoms with Crippen molar-refractivity contribution in [3.05, 3.63) is 71.5 Å². The lowest BCUT2D eigenvalue weighted by atomic mass is 9.65. The van der Waals surface area contributed by atoms with E-state index in [-0.39, 0.29) is 22.4 Å². The molecule has 3 atom stereocenters. The first-order chi connectivity index (χ1) is 15.3. The quantitative estimate of drug-likeness (QED) is 0.674. The number of piperidine rings is 1. The van der Waals surface area contributed by atoms with Gasteiger partial charge in [0, 0.05) is 25.2 Å². The van der Waals surface area contributed by atoms with E-state index >= 15 is 0 Å². The van der Waals surface area contributed by atoms with Crippen LogP contribution >= 0.6 is 0 Å². The van der Waals surface area contributed by atoms with Gasteiger partial charge in [0.15, 0.2) is 0 Å². The van der Waals surface area contributed by atoms with Crippen molar-refractivity contribution < 1.29 is 24.1 Å². The molecule has 1 heterocycles. The highest BCUT2D eigenvalue weighted by atomic mass is 19.1. The molecule has 1 saturated heterocycles. The highest BCUT2D eigenvalue weighted by molar-refractivity contribution is 5.82. The molecule has 168 valence electrons. The third-order valence-corrected chi connectivity index (χ3v) is 8.09. The van der Waals surface area contributed by atoms with E-state index in [1.807, 2.05) is 37.3 Å². The van der Waals surface area contributed by atoms with Gasteiger partial charge in [-0.05, 0) is 36.1 Å². The summed E-state index contributed by atoms with van der Waals surface area (Å²) < 4.78 is 13.2. The minimum atomic E-state index is -1.01. The average molecular weight is 438 g/mol. The SMILES string of the molecule is C[C@@H]1C[N@@+](O)(C2CCC(C#N)(c3ccc(F)cc3)CC2)CC[C@]1(C(=O)O)c1ccccc1. The normalized spacial score (nSPS) is 35.1. The predicted octanol–water partition coefficient (Wildman–Crippen LogP) is 4.80. The summed E-state index contributed by atoms with van der Waals surface area (Å²) in [4.78, 5) is 12.4. The first-order valence-corrected chi connectivity index (χ1v) is 11.3. The van der Waals surface area contributed by atoms with Gasteiger partial charge < -0.3 is 5.11 Å². The first-order valence-electron chi connectivity index (χ1n) is 11.3. The zero-order valence-electron chi connectivity index (χ0n) is 18.4. The van der Waals surface area contributed by atoms with Crippen molar-refractivity contribution in [3.63, 3.8) is 0 Å². The van der Waals surface area contributed by atoms with Crippen molar-refractivity contribution in [1.82, 2.24) is 0 Å². The number of aliphatic carboxylic acids is 1. The number of quaternary nitrogens is 1. The number of rotatable bonds is 4. The van der Waals surface area contributed by atoms with E-state index in [1.165, 1.54) is 12.1 Å². The van der Waals surface area contributed by atoms with Gasteiger partial charge in [0.2, 0.25) is 0 Å². The molecule has 32 heavy (non-hydrogen) atoms. The minimum absolute atomic E-state index is 0.0399. The van der Waals surface area contributed by atoms with Gasteiger partial charge in [-0.15, -0.1) is 0 Å². The molecule has 4 rings (SSSR count). The van der Waals surface area contributed by atoms with E-state index in [1.54, 1.807) is 12.1 Å². The molecule has 1 aliphatic heterocycles. The third-order valence-electron chi connectivity index (χ3n) is 8.09. The van der Waals surface area contributed by atoms with E-state index in [4.69, 9.17) is 0 Å². The Morgan fingerprint density at radius 2 is 1.69 bits per heavy atom. The minimum Gasteiger partial charge on any atom is -0.481 e. The number of nitriles is 1. The molecule has 1 aliphatic carbocycles. The van der Waals surface area contributed by atoms with Gasteiger partial charge in [0.25, 0.3) is 0 Å². The highest BCUT2D eigenvalue weighted by Gasteiger charge is 2.56. The molecule has 0 aromatic heterocycles. The van der Waals surface area contributed by atoms with Crippen LogP contribution in [0.15, 0.2) is 54.6 Å². The molecule has 2 aromatic rings. The Morgan fingerprint density at radius 3 is 2.22 bits per heavy atom. The Hall–Kier alpha value is -2.75. The van der Waals surface area contributed by atoms with Gasteiger partial charge in [0.05, 0.1) is 11.5 Å². The lowest BCUT2D eigenvalue weighted by molar-refractivity contribution is -1.13. The molecule has 5 nitrogen and oxygen atoms in total. The summed E-state index contributed by atoms with van der Waals surface area (Å²) in [6.45, 7) is 2.65. The summed E-state index contributed by atoms with van der Waals surface area (Å²) in [6.07, 6.45) is 2.88. The zero-order chi connectivity index (χ0) is 23.0. The number of halogens is 1. The van der Waals surface area contributed by atoms with Crippen LogP contribution in [0.25, 0.3) is 0 Å². The first kappa shape index (κ1) is 22.4. The van der Waals surface area contributed by atoms with Crippen LogP contribution in [-0.2, 0) is 15.6 Å². The smallest absolute Gasteiger partial charge is 0.314 e. The maximum Gasteiger partial charge on any atom is 0.314 e. The molecule has 2 aliphatic rings. The number of nitrogens with zero attached hydrogens (tertiary/aromatic N) is 2. The number of hydrogen-bond acceptors (Lipinski definition) is 3. The molecular weight excluding hydrogens is 407 g/mol. The van der Waals surface area contributed by atoms with Crippen molar-refractivity contribution in [2.24, 2.45) is 5.92 Å². The molecule has 0 radical (unpaired) electrons. The van der Waals surface area contributed by atoms with Crippen molar-refractivity contribution in [1.29, 1.82) is 5.26 Å². The fourth-order valence-electron chi connectivity index (χ4n) is 6.08. The second kappa shape index (κ2) is 8.31. The number of carbonyl (C=O) groups is 1. The van der Waals surface area contributed by atoms with Crippen molar-refractivity contribution >= 4 is 5.97 Å². The average Bonchev–Trinajstić information content (AvgIpc) is 2.80. The number of benzene rings is 2. The fourth-order valence-corrected chi connectivity index (χ4v) is 6.08. The van der Waals surface area contributed by atoms with Gasteiger partial charge in [-0.2, -0.15) is 9.91 Å². The van der Waals surface area contributed by atoms with Crippen LogP contribution in [0.1, 0.15) is 50.2 Å². The van der Waals surface area contributed by atoms with Crippen LogP contribution in [0.3, 0.4) is 0 Å². The monoisotopic (exact) mass is 437 g/mol. The van der Waals surface area contributed by atoms with Gasteiger partial charge in [-0.1, -0.05) is 49.4 Å². The van der Waals surface area contributed by atoms with Crippen LogP contribution in [0, 0.1) is 23.1 Å². The molecule has 2 aromatic carbocycles. The largest absolute Gasteiger partial charge is 0.481 e. The maximum atomic E-state index is 13.4. The van der Waals surface area contributed by atoms with Crippen LogP contribution in [0.5, 0.6) is 0 Å². The second-order valence-electron chi connectivity index (χ2n) is 9.62. The summed E-state index contributed by atoms with van der Waals surface area (Å²) in [7, 11) is 0. The van der Waals surface area contributed by atoms with E-state index in [2.05, 4.69) is 6.07 Å². The van der Waals surface area contributed by atoms with Crippen LogP contribution in [-0.4, -0.2) is 40.1 Å². The van der Waals surface area contributed by atoms with Gasteiger partial charge >= 0.3 is 5.97 Å². The summed E-state index contributed by atoms with van der Waals surface area (Å²) in [6, 6.07) is 17.9.